The van der Waals surface area contributed by atoms with Crippen LogP contribution >= 0.6 is 0 Å². The second kappa shape index (κ2) is 4.78. The molecule has 0 bridgehead atoms. The minimum atomic E-state index is -0.860. The highest BCUT2D eigenvalue weighted by molar-refractivity contribution is 5.84. The van der Waals surface area contributed by atoms with Gasteiger partial charge in [-0.1, -0.05) is 31.5 Å². The summed E-state index contributed by atoms with van der Waals surface area (Å²) in [7, 11) is 0. The molecule has 3 heteroatoms. The van der Waals surface area contributed by atoms with Crippen LogP contribution < -0.4 is 5.73 Å². The van der Waals surface area contributed by atoms with Gasteiger partial charge in [0.1, 0.15) is 0 Å². The van der Waals surface area contributed by atoms with Crippen LogP contribution in [0.5, 0.6) is 0 Å². The summed E-state index contributed by atoms with van der Waals surface area (Å²) in [5.74, 6) is -0.792. The van der Waals surface area contributed by atoms with Crippen molar-refractivity contribution in [3.8, 4) is 0 Å². The smallest absolute Gasteiger partial charge is 0.314 e. The topological polar surface area (TPSA) is 63.3 Å². The van der Waals surface area contributed by atoms with Crippen LogP contribution in [-0.4, -0.2) is 11.1 Å². The molecule has 1 aromatic rings. The van der Waals surface area contributed by atoms with Crippen LogP contribution in [0.4, 0.5) is 5.69 Å². The molecule has 0 aromatic heterocycles. The molecule has 0 fully saturated rings. The Morgan fingerprint density at radius 2 is 1.82 bits per heavy atom. The number of nitrogens with two attached hydrogens (primary N) is 1. The fourth-order valence-corrected chi connectivity index (χ4v) is 2.42. The molecule has 0 aliphatic rings. The molecule has 0 radical (unpaired) electrons. The third kappa shape index (κ3) is 2.14. The van der Waals surface area contributed by atoms with Crippen LogP contribution in [0, 0.1) is 13.8 Å². The highest BCUT2D eigenvalue weighted by Gasteiger charge is 2.38. The molecule has 0 saturated heterocycles. The van der Waals surface area contributed by atoms with Gasteiger partial charge in [0.15, 0.2) is 0 Å². The van der Waals surface area contributed by atoms with Gasteiger partial charge in [0.05, 0.1) is 5.41 Å². The lowest BCUT2D eigenvalue weighted by molar-refractivity contribution is -0.144. The number of hydrogen-bond acceptors (Lipinski definition) is 2. The average molecular weight is 235 g/mol. The molecule has 17 heavy (non-hydrogen) atoms. The van der Waals surface area contributed by atoms with Crippen molar-refractivity contribution in [3.63, 3.8) is 0 Å². The predicted octanol–water partition coefficient (Wildman–Crippen LogP) is 3.03. The molecule has 0 amide bonds. The third-order valence-electron chi connectivity index (χ3n) is 3.66. The molecule has 1 rings (SSSR count). The van der Waals surface area contributed by atoms with Gasteiger partial charge in [-0.2, -0.15) is 0 Å². The summed E-state index contributed by atoms with van der Waals surface area (Å²) in [5.41, 5.74) is 8.58. The van der Waals surface area contributed by atoms with Crippen molar-refractivity contribution >= 4 is 11.7 Å². The summed E-state index contributed by atoms with van der Waals surface area (Å²) >= 11 is 0. The van der Waals surface area contributed by atoms with Crippen LogP contribution in [0.3, 0.4) is 0 Å². The number of aryl methyl sites for hydroxylation is 2. The van der Waals surface area contributed by atoms with Gasteiger partial charge in [-0.25, -0.2) is 0 Å². The van der Waals surface area contributed by atoms with Crippen molar-refractivity contribution in [2.75, 3.05) is 5.73 Å². The number of carboxylic acid groups (broad SMARTS) is 1. The Morgan fingerprint density at radius 3 is 2.24 bits per heavy atom. The Kier molecular flexibility index (Phi) is 3.81. The van der Waals surface area contributed by atoms with Crippen molar-refractivity contribution in [3.05, 3.63) is 28.8 Å². The van der Waals surface area contributed by atoms with Gasteiger partial charge < -0.3 is 10.8 Å². The van der Waals surface area contributed by atoms with Crippen molar-refractivity contribution in [1.82, 2.24) is 0 Å². The number of nitrogen functional groups attached to an aromatic ring is 1. The lowest BCUT2D eigenvalue weighted by Crippen LogP contribution is -2.35. The minimum Gasteiger partial charge on any atom is -0.481 e. The molecule has 1 aromatic carbocycles. The maximum atomic E-state index is 11.6. The SMILES string of the molecule is CCC(CC)(C(=O)O)c1cc(C)cc(C)c1N. The lowest BCUT2D eigenvalue weighted by Gasteiger charge is -2.29. The van der Waals surface area contributed by atoms with E-state index in [0.29, 0.717) is 18.5 Å². The number of rotatable bonds is 4. The zero-order chi connectivity index (χ0) is 13.2. The molecular formula is C14H21NO2. The zero-order valence-corrected chi connectivity index (χ0v) is 11.0. The zero-order valence-electron chi connectivity index (χ0n) is 11.0. The first-order valence-electron chi connectivity index (χ1n) is 5.99. The third-order valence-corrected chi connectivity index (χ3v) is 3.66. The van der Waals surface area contributed by atoms with E-state index >= 15 is 0 Å². The number of aliphatic carboxylic acids is 1. The monoisotopic (exact) mass is 235 g/mol. The lowest BCUT2D eigenvalue weighted by atomic mass is 9.74. The molecule has 0 aliphatic carbocycles. The van der Waals surface area contributed by atoms with E-state index in [1.165, 1.54) is 0 Å². The second-order valence-corrected chi connectivity index (χ2v) is 4.64. The predicted molar refractivity (Wildman–Crippen MR) is 70.2 cm³/mol. The van der Waals surface area contributed by atoms with E-state index in [4.69, 9.17) is 5.73 Å². The number of anilines is 1. The molecular weight excluding hydrogens is 214 g/mol. The number of hydrogen-bond donors (Lipinski definition) is 2. The van der Waals surface area contributed by atoms with E-state index in [-0.39, 0.29) is 0 Å². The van der Waals surface area contributed by atoms with E-state index in [2.05, 4.69) is 0 Å². The number of benzene rings is 1. The Labute approximate surface area is 103 Å². The highest BCUT2D eigenvalue weighted by Crippen LogP contribution is 2.37. The van der Waals surface area contributed by atoms with Gasteiger partial charge in [-0.05, 0) is 37.8 Å². The summed E-state index contributed by atoms with van der Waals surface area (Å²) in [6.07, 6.45) is 1.10. The maximum Gasteiger partial charge on any atom is 0.314 e. The first kappa shape index (κ1) is 13.6. The summed E-state index contributed by atoms with van der Waals surface area (Å²) in [6, 6.07) is 3.89. The highest BCUT2D eigenvalue weighted by atomic mass is 16.4. The molecule has 0 spiro atoms. The van der Waals surface area contributed by atoms with Crippen molar-refractivity contribution in [2.45, 2.75) is 46.0 Å². The first-order valence-corrected chi connectivity index (χ1v) is 5.99. The van der Waals surface area contributed by atoms with E-state index in [1.807, 2.05) is 39.8 Å². The normalized spacial score (nSPS) is 11.5. The summed E-state index contributed by atoms with van der Waals surface area (Å²) in [4.78, 5) is 11.6. The van der Waals surface area contributed by atoms with Crippen LogP contribution in [0.2, 0.25) is 0 Å². The van der Waals surface area contributed by atoms with Gasteiger partial charge in [-0.15, -0.1) is 0 Å². The van der Waals surface area contributed by atoms with Crippen molar-refractivity contribution < 1.29 is 9.90 Å². The standard InChI is InChI=1S/C14H21NO2/c1-5-14(6-2,13(16)17)11-8-9(3)7-10(4)12(11)15/h7-8H,5-6,15H2,1-4H3,(H,16,17). The first-order chi connectivity index (χ1) is 7.89. The van der Waals surface area contributed by atoms with E-state index in [0.717, 1.165) is 16.7 Å². The van der Waals surface area contributed by atoms with Crippen LogP contribution in [0.15, 0.2) is 12.1 Å². The minimum absolute atomic E-state index is 0.548. The fraction of sp³-hybridized carbons (Fsp3) is 0.500. The molecule has 3 N–H and O–H groups in total. The van der Waals surface area contributed by atoms with Gasteiger partial charge in [0.25, 0.3) is 0 Å². The quantitative estimate of drug-likeness (QED) is 0.788. The van der Waals surface area contributed by atoms with Crippen molar-refractivity contribution in [2.24, 2.45) is 0 Å². The number of carboxylic acids is 1. The molecule has 0 heterocycles. The summed E-state index contributed by atoms with van der Waals surface area (Å²) in [6.45, 7) is 7.68. The van der Waals surface area contributed by atoms with Gasteiger partial charge >= 0.3 is 5.97 Å². The van der Waals surface area contributed by atoms with Gasteiger partial charge in [-0.3, -0.25) is 4.79 Å². The molecule has 0 aliphatic heterocycles. The van der Waals surface area contributed by atoms with E-state index in [1.54, 1.807) is 0 Å². The Morgan fingerprint density at radius 1 is 1.29 bits per heavy atom. The molecule has 0 saturated carbocycles. The Bertz CT molecular complexity index is 434. The van der Waals surface area contributed by atoms with Gasteiger partial charge in [0, 0.05) is 5.69 Å². The Balaban J connectivity index is 3.53. The second-order valence-electron chi connectivity index (χ2n) is 4.64. The summed E-state index contributed by atoms with van der Waals surface area (Å²) < 4.78 is 0. The van der Waals surface area contributed by atoms with Crippen molar-refractivity contribution in [1.29, 1.82) is 0 Å². The Hall–Kier alpha value is -1.51. The largest absolute Gasteiger partial charge is 0.481 e. The molecule has 94 valence electrons. The molecule has 0 atom stereocenters. The van der Waals surface area contributed by atoms with E-state index < -0.39 is 11.4 Å². The van der Waals surface area contributed by atoms with E-state index in [9.17, 15) is 9.90 Å². The van der Waals surface area contributed by atoms with Crippen LogP contribution in [-0.2, 0) is 10.2 Å². The molecule has 0 unspecified atom stereocenters. The summed E-state index contributed by atoms with van der Waals surface area (Å²) in [5, 5.41) is 9.53. The van der Waals surface area contributed by atoms with Crippen LogP contribution in [0.25, 0.3) is 0 Å². The fourth-order valence-electron chi connectivity index (χ4n) is 2.42. The van der Waals surface area contributed by atoms with Gasteiger partial charge in [0.2, 0.25) is 0 Å². The molecule has 3 nitrogen and oxygen atoms in total. The van der Waals surface area contributed by atoms with Crippen LogP contribution in [0.1, 0.15) is 43.4 Å². The number of carbonyl (C=O) groups is 1. The maximum absolute atomic E-state index is 11.6. The average Bonchev–Trinajstić information content (AvgIpc) is 2.26.